The zero-order chi connectivity index (χ0) is 15.4. The Kier molecular flexibility index (Phi) is 4.88. The SMILES string of the molecule is CCC1CN(C(=O)c2ccc(OC(F)F)cc2)CCC1=O. The number of halogens is 2. The molecule has 0 aliphatic carbocycles. The summed E-state index contributed by atoms with van der Waals surface area (Å²) in [4.78, 5) is 25.6. The molecular formula is C15H17F2NO3. The number of hydrogen-bond acceptors (Lipinski definition) is 3. The Morgan fingerprint density at radius 2 is 2.05 bits per heavy atom. The fourth-order valence-corrected chi connectivity index (χ4v) is 2.41. The lowest BCUT2D eigenvalue weighted by molar-refractivity contribution is -0.125. The minimum atomic E-state index is -2.88. The Morgan fingerprint density at radius 3 is 2.62 bits per heavy atom. The maximum absolute atomic E-state index is 12.3. The Bertz CT molecular complexity index is 516. The molecule has 1 atom stereocenters. The number of hydrogen-bond donors (Lipinski definition) is 0. The van der Waals surface area contributed by atoms with E-state index in [0.29, 0.717) is 31.5 Å². The van der Waals surface area contributed by atoms with Crippen LogP contribution in [0.2, 0.25) is 0 Å². The maximum atomic E-state index is 12.3. The summed E-state index contributed by atoms with van der Waals surface area (Å²) in [6.45, 7) is -0.134. The first-order valence-electron chi connectivity index (χ1n) is 6.88. The Hall–Kier alpha value is -1.98. The predicted molar refractivity (Wildman–Crippen MR) is 72.4 cm³/mol. The van der Waals surface area contributed by atoms with Crippen molar-refractivity contribution in [3.8, 4) is 5.75 Å². The molecular weight excluding hydrogens is 280 g/mol. The van der Waals surface area contributed by atoms with E-state index < -0.39 is 6.61 Å². The van der Waals surface area contributed by atoms with Crippen molar-refractivity contribution in [2.45, 2.75) is 26.4 Å². The molecule has 114 valence electrons. The molecule has 1 aromatic rings. The molecule has 1 heterocycles. The molecule has 0 N–H and O–H groups in total. The highest BCUT2D eigenvalue weighted by Crippen LogP contribution is 2.20. The monoisotopic (exact) mass is 297 g/mol. The van der Waals surface area contributed by atoms with Gasteiger partial charge in [-0.2, -0.15) is 8.78 Å². The van der Waals surface area contributed by atoms with Crippen LogP contribution in [-0.2, 0) is 4.79 Å². The minimum absolute atomic E-state index is 0.0156. The third-order valence-electron chi connectivity index (χ3n) is 3.63. The van der Waals surface area contributed by atoms with Crippen molar-refractivity contribution in [1.29, 1.82) is 0 Å². The molecule has 1 aromatic carbocycles. The third-order valence-corrected chi connectivity index (χ3v) is 3.63. The van der Waals surface area contributed by atoms with E-state index in [0.717, 1.165) is 0 Å². The maximum Gasteiger partial charge on any atom is 0.387 e. The van der Waals surface area contributed by atoms with Crippen molar-refractivity contribution in [3.05, 3.63) is 29.8 Å². The summed E-state index contributed by atoms with van der Waals surface area (Å²) in [6, 6.07) is 5.59. The average molecular weight is 297 g/mol. The first-order valence-corrected chi connectivity index (χ1v) is 6.88. The second-order valence-electron chi connectivity index (χ2n) is 4.98. The highest BCUT2D eigenvalue weighted by molar-refractivity contribution is 5.95. The number of carbonyl (C=O) groups is 2. The number of amides is 1. The summed E-state index contributed by atoms with van der Waals surface area (Å²) in [7, 11) is 0. The van der Waals surface area contributed by atoms with E-state index in [1.54, 1.807) is 4.90 Å². The van der Waals surface area contributed by atoms with Crippen molar-refractivity contribution >= 4 is 11.7 Å². The van der Waals surface area contributed by atoms with Crippen LogP contribution in [0.15, 0.2) is 24.3 Å². The van der Waals surface area contributed by atoms with Gasteiger partial charge in [-0.25, -0.2) is 0 Å². The van der Waals surface area contributed by atoms with Crippen LogP contribution in [0.5, 0.6) is 5.75 Å². The molecule has 21 heavy (non-hydrogen) atoms. The van der Waals surface area contributed by atoms with Crippen LogP contribution in [0.4, 0.5) is 8.78 Å². The van der Waals surface area contributed by atoms with Gasteiger partial charge in [0.2, 0.25) is 0 Å². The van der Waals surface area contributed by atoms with Crippen molar-refractivity contribution in [3.63, 3.8) is 0 Å². The molecule has 0 spiro atoms. The van der Waals surface area contributed by atoms with E-state index in [1.165, 1.54) is 24.3 Å². The van der Waals surface area contributed by atoms with Gasteiger partial charge in [-0.05, 0) is 30.7 Å². The van der Waals surface area contributed by atoms with E-state index in [2.05, 4.69) is 4.74 Å². The molecule has 0 aromatic heterocycles. The fraction of sp³-hybridized carbons (Fsp3) is 0.467. The lowest BCUT2D eigenvalue weighted by Crippen LogP contribution is -2.43. The number of rotatable bonds is 4. The van der Waals surface area contributed by atoms with Crippen molar-refractivity contribution < 1.29 is 23.1 Å². The number of ketones is 1. The van der Waals surface area contributed by atoms with Gasteiger partial charge in [0.15, 0.2) is 0 Å². The number of ether oxygens (including phenoxy) is 1. The van der Waals surface area contributed by atoms with Gasteiger partial charge in [-0.3, -0.25) is 9.59 Å². The molecule has 1 fully saturated rings. The fourth-order valence-electron chi connectivity index (χ4n) is 2.41. The topological polar surface area (TPSA) is 46.6 Å². The van der Waals surface area contributed by atoms with Crippen LogP contribution < -0.4 is 4.74 Å². The lowest BCUT2D eigenvalue weighted by atomic mass is 9.93. The van der Waals surface area contributed by atoms with Gasteiger partial charge in [-0.1, -0.05) is 6.92 Å². The highest BCUT2D eigenvalue weighted by Gasteiger charge is 2.28. The number of alkyl halides is 2. The van der Waals surface area contributed by atoms with Gasteiger partial charge in [0.05, 0.1) is 0 Å². The summed E-state index contributed by atoms with van der Waals surface area (Å²) < 4.78 is 28.4. The van der Waals surface area contributed by atoms with Crippen molar-refractivity contribution in [2.75, 3.05) is 13.1 Å². The summed E-state index contributed by atoms with van der Waals surface area (Å²) in [5.41, 5.74) is 0.404. The van der Waals surface area contributed by atoms with E-state index in [9.17, 15) is 18.4 Å². The van der Waals surface area contributed by atoms with Gasteiger partial charge < -0.3 is 9.64 Å². The Morgan fingerprint density at radius 1 is 1.38 bits per heavy atom. The van der Waals surface area contributed by atoms with E-state index in [4.69, 9.17) is 0 Å². The molecule has 0 radical (unpaired) electrons. The van der Waals surface area contributed by atoms with Crippen LogP contribution >= 0.6 is 0 Å². The summed E-state index contributed by atoms with van der Waals surface area (Å²) in [6.07, 6.45) is 1.08. The molecule has 1 unspecified atom stereocenters. The van der Waals surface area contributed by atoms with Crippen molar-refractivity contribution in [1.82, 2.24) is 4.90 Å². The van der Waals surface area contributed by atoms with E-state index in [1.807, 2.05) is 6.92 Å². The van der Waals surface area contributed by atoms with Gasteiger partial charge in [0.25, 0.3) is 5.91 Å². The van der Waals surface area contributed by atoms with Gasteiger partial charge in [0.1, 0.15) is 11.5 Å². The zero-order valence-corrected chi connectivity index (χ0v) is 11.7. The average Bonchev–Trinajstić information content (AvgIpc) is 2.47. The Labute approximate surface area is 121 Å². The first-order chi connectivity index (χ1) is 10.0. The summed E-state index contributed by atoms with van der Waals surface area (Å²) >= 11 is 0. The minimum Gasteiger partial charge on any atom is -0.435 e. The third kappa shape index (κ3) is 3.77. The number of piperidine rings is 1. The summed E-state index contributed by atoms with van der Waals surface area (Å²) in [5.74, 6) is -0.0854. The summed E-state index contributed by atoms with van der Waals surface area (Å²) in [5, 5.41) is 0. The largest absolute Gasteiger partial charge is 0.435 e. The first kappa shape index (κ1) is 15.4. The second kappa shape index (κ2) is 6.65. The number of likely N-dealkylation sites (tertiary alicyclic amines) is 1. The standard InChI is InChI=1S/C15H17F2NO3/c1-2-10-9-18(8-7-13(10)19)14(20)11-3-5-12(6-4-11)21-15(16)17/h3-6,10,15H,2,7-9H2,1H3. The number of Topliss-reactive ketones (excluding diaryl/α,β-unsaturated/α-hetero) is 1. The molecule has 2 rings (SSSR count). The molecule has 0 bridgehead atoms. The molecule has 1 aliphatic heterocycles. The van der Waals surface area contributed by atoms with Crippen LogP contribution in [0.3, 0.4) is 0 Å². The van der Waals surface area contributed by atoms with Crippen molar-refractivity contribution in [2.24, 2.45) is 5.92 Å². The molecule has 1 saturated heterocycles. The van der Waals surface area contributed by atoms with E-state index in [-0.39, 0.29) is 23.4 Å². The number of nitrogens with zero attached hydrogens (tertiary/aromatic N) is 1. The number of benzene rings is 1. The van der Waals surface area contributed by atoms with Crippen LogP contribution in [-0.4, -0.2) is 36.3 Å². The highest BCUT2D eigenvalue weighted by atomic mass is 19.3. The zero-order valence-electron chi connectivity index (χ0n) is 11.7. The normalized spacial score (nSPS) is 19.0. The van der Waals surface area contributed by atoms with Crippen LogP contribution in [0, 0.1) is 5.92 Å². The Balaban J connectivity index is 2.04. The quantitative estimate of drug-likeness (QED) is 0.858. The smallest absolute Gasteiger partial charge is 0.387 e. The number of carbonyl (C=O) groups excluding carboxylic acids is 2. The molecule has 4 nitrogen and oxygen atoms in total. The van der Waals surface area contributed by atoms with E-state index >= 15 is 0 Å². The van der Waals surface area contributed by atoms with Crippen LogP contribution in [0.1, 0.15) is 30.1 Å². The lowest BCUT2D eigenvalue weighted by Gasteiger charge is -2.31. The molecule has 1 amide bonds. The molecule has 6 heteroatoms. The van der Waals surface area contributed by atoms with Gasteiger partial charge >= 0.3 is 6.61 Å². The molecule has 1 aliphatic rings. The predicted octanol–water partition coefficient (Wildman–Crippen LogP) is 2.73. The second-order valence-corrected chi connectivity index (χ2v) is 4.98. The van der Waals surface area contributed by atoms with Gasteiger partial charge in [-0.15, -0.1) is 0 Å². The van der Waals surface area contributed by atoms with Gasteiger partial charge in [0, 0.05) is 31.0 Å². The molecule has 0 saturated carbocycles. The van der Waals surface area contributed by atoms with Crippen LogP contribution in [0.25, 0.3) is 0 Å².